The molecule has 7 heteroatoms. The summed E-state index contributed by atoms with van der Waals surface area (Å²) in [7, 11) is 0. The third kappa shape index (κ3) is 3.83. The van der Waals surface area contributed by atoms with Gasteiger partial charge in [0.25, 0.3) is 0 Å². The Hall–Kier alpha value is -1.76. The van der Waals surface area contributed by atoms with E-state index in [0.717, 1.165) is 32.0 Å². The van der Waals surface area contributed by atoms with Crippen molar-refractivity contribution >= 4 is 11.6 Å². The number of nitrogens with one attached hydrogen (secondary N) is 1. The van der Waals surface area contributed by atoms with Gasteiger partial charge in [0.15, 0.2) is 0 Å². The van der Waals surface area contributed by atoms with Crippen LogP contribution in [0.1, 0.15) is 18.4 Å². The summed E-state index contributed by atoms with van der Waals surface area (Å²) < 4.78 is 38.5. The fraction of sp³-hybridized carbons (Fsp3) is 0.588. The maximum atomic E-state index is 12.8. The number of piperidine rings is 1. The fourth-order valence-corrected chi connectivity index (χ4v) is 3.38. The number of halogens is 3. The highest BCUT2D eigenvalue weighted by Crippen LogP contribution is 2.32. The number of benzene rings is 1. The van der Waals surface area contributed by atoms with Crippen molar-refractivity contribution in [2.45, 2.75) is 19.0 Å². The highest BCUT2D eigenvalue weighted by atomic mass is 19.4. The van der Waals surface area contributed by atoms with Crippen LogP contribution in [0, 0.1) is 5.92 Å². The number of alkyl halides is 3. The van der Waals surface area contributed by atoms with Gasteiger partial charge in [-0.25, -0.2) is 0 Å². The van der Waals surface area contributed by atoms with Crippen molar-refractivity contribution in [1.82, 2.24) is 10.2 Å². The highest BCUT2D eigenvalue weighted by Gasteiger charge is 2.32. The largest absolute Gasteiger partial charge is 0.416 e. The van der Waals surface area contributed by atoms with Gasteiger partial charge in [-0.2, -0.15) is 13.2 Å². The summed E-state index contributed by atoms with van der Waals surface area (Å²) in [6, 6.07) is 5.39. The van der Waals surface area contributed by atoms with Gasteiger partial charge in [-0.3, -0.25) is 4.79 Å². The van der Waals surface area contributed by atoms with Crippen molar-refractivity contribution in [1.29, 1.82) is 0 Å². The van der Waals surface area contributed by atoms with Crippen LogP contribution in [0.3, 0.4) is 0 Å². The summed E-state index contributed by atoms with van der Waals surface area (Å²) in [5.74, 6) is 0.213. The van der Waals surface area contributed by atoms with E-state index in [0.29, 0.717) is 31.9 Å². The number of hydrogen-bond acceptors (Lipinski definition) is 3. The number of anilines is 1. The van der Waals surface area contributed by atoms with Crippen LogP contribution in [0.4, 0.5) is 18.9 Å². The molecule has 2 saturated heterocycles. The Balaban J connectivity index is 1.60. The van der Waals surface area contributed by atoms with Gasteiger partial charge in [0.05, 0.1) is 11.5 Å². The summed E-state index contributed by atoms with van der Waals surface area (Å²) in [6.45, 7) is 3.94. The second kappa shape index (κ2) is 7.01. The van der Waals surface area contributed by atoms with Gasteiger partial charge in [0.1, 0.15) is 0 Å². The van der Waals surface area contributed by atoms with Crippen LogP contribution in [0.25, 0.3) is 0 Å². The maximum Gasteiger partial charge on any atom is 0.416 e. The highest BCUT2D eigenvalue weighted by molar-refractivity contribution is 5.79. The number of hydrogen-bond donors (Lipinski definition) is 1. The van der Waals surface area contributed by atoms with Crippen LogP contribution in [0.2, 0.25) is 0 Å². The van der Waals surface area contributed by atoms with Gasteiger partial charge in [-0.1, -0.05) is 6.07 Å². The zero-order chi connectivity index (χ0) is 17.2. The summed E-state index contributed by atoms with van der Waals surface area (Å²) in [5.41, 5.74) is -0.0666. The molecule has 0 aromatic heterocycles. The van der Waals surface area contributed by atoms with Crippen molar-refractivity contribution < 1.29 is 18.0 Å². The monoisotopic (exact) mass is 341 g/mol. The van der Waals surface area contributed by atoms with Gasteiger partial charge >= 0.3 is 6.18 Å². The molecular weight excluding hydrogens is 319 g/mol. The molecule has 24 heavy (non-hydrogen) atoms. The predicted molar refractivity (Wildman–Crippen MR) is 85.8 cm³/mol. The number of nitrogens with zero attached hydrogens (tertiary/aromatic N) is 2. The van der Waals surface area contributed by atoms with Gasteiger partial charge in [-0.05, 0) is 37.6 Å². The first-order valence-corrected chi connectivity index (χ1v) is 8.37. The minimum Gasteiger partial charge on any atom is -0.368 e. The second-order valence-corrected chi connectivity index (χ2v) is 6.40. The van der Waals surface area contributed by atoms with Crippen LogP contribution in [-0.2, 0) is 11.0 Å². The van der Waals surface area contributed by atoms with E-state index < -0.39 is 11.7 Å². The molecule has 2 aliphatic heterocycles. The van der Waals surface area contributed by atoms with Crippen LogP contribution in [-0.4, -0.2) is 50.1 Å². The summed E-state index contributed by atoms with van der Waals surface area (Å²) in [6.07, 6.45) is -2.40. The first-order valence-electron chi connectivity index (χ1n) is 8.37. The lowest BCUT2D eigenvalue weighted by molar-refractivity contribution is -0.137. The molecule has 4 nitrogen and oxygen atoms in total. The minimum absolute atomic E-state index is 0.0406. The average molecular weight is 341 g/mol. The fourth-order valence-electron chi connectivity index (χ4n) is 3.38. The summed E-state index contributed by atoms with van der Waals surface area (Å²) in [4.78, 5) is 16.3. The topological polar surface area (TPSA) is 35.6 Å². The number of amides is 1. The van der Waals surface area contributed by atoms with Crippen LogP contribution >= 0.6 is 0 Å². The zero-order valence-electron chi connectivity index (χ0n) is 13.5. The van der Waals surface area contributed by atoms with E-state index in [2.05, 4.69) is 5.32 Å². The minimum atomic E-state index is -4.33. The molecule has 1 amide bonds. The Morgan fingerprint density at radius 3 is 2.54 bits per heavy atom. The Bertz CT molecular complexity index is 577. The first kappa shape index (κ1) is 17.1. The SMILES string of the molecule is O=C([C@@H]1CCCNC1)N1CCN(c2cccc(C(F)(F)F)c2)CC1. The molecule has 3 rings (SSSR count). The molecule has 2 heterocycles. The Morgan fingerprint density at radius 2 is 1.92 bits per heavy atom. The molecule has 0 unspecified atom stereocenters. The molecule has 0 aliphatic carbocycles. The number of carbonyl (C=O) groups excluding carboxylic acids is 1. The van der Waals surface area contributed by atoms with Gasteiger partial charge in [0.2, 0.25) is 5.91 Å². The zero-order valence-corrected chi connectivity index (χ0v) is 13.5. The summed E-state index contributed by atoms with van der Waals surface area (Å²) >= 11 is 0. The normalized spacial score (nSPS) is 22.5. The first-order chi connectivity index (χ1) is 11.4. The van der Waals surface area contributed by atoms with E-state index >= 15 is 0 Å². The van der Waals surface area contributed by atoms with Crippen molar-refractivity contribution in [3.8, 4) is 0 Å². The van der Waals surface area contributed by atoms with Crippen LogP contribution < -0.4 is 10.2 Å². The van der Waals surface area contributed by atoms with Crippen LogP contribution in [0.5, 0.6) is 0 Å². The average Bonchev–Trinajstić information content (AvgIpc) is 2.61. The lowest BCUT2D eigenvalue weighted by atomic mass is 9.98. The molecule has 1 N–H and O–H groups in total. The van der Waals surface area contributed by atoms with E-state index in [9.17, 15) is 18.0 Å². The van der Waals surface area contributed by atoms with Crippen molar-refractivity contribution in [2.75, 3.05) is 44.2 Å². The molecule has 1 aromatic rings. The molecule has 2 aliphatic rings. The third-order valence-electron chi connectivity index (χ3n) is 4.78. The van der Waals surface area contributed by atoms with E-state index in [-0.39, 0.29) is 11.8 Å². The van der Waals surface area contributed by atoms with Crippen LogP contribution in [0.15, 0.2) is 24.3 Å². The molecule has 2 fully saturated rings. The standard InChI is InChI=1S/C17H22F3N3O/c18-17(19,20)14-4-1-5-15(11-14)22-7-9-23(10-8-22)16(24)13-3-2-6-21-12-13/h1,4-5,11,13,21H,2-3,6-10,12H2/t13-/m1/s1. The number of rotatable bonds is 2. The molecule has 0 bridgehead atoms. The van der Waals surface area contributed by atoms with E-state index in [1.807, 2.05) is 9.80 Å². The van der Waals surface area contributed by atoms with Gasteiger partial charge < -0.3 is 15.1 Å². The molecule has 1 atom stereocenters. The van der Waals surface area contributed by atoms with E-state index in [4.69, 9.17) is 0 Å². The summed E-state index contributed by atoms with van der Waals surface area (Å²) in [5, 5.41) is 3.25. The second-order valence-electron chi connectivity index (χ2n) is 6.40. The van der Waals surface area contributed by atoms with Gasteiger partial charge in [0, 0.05) is 38.4 Å². The smallest absolute Gasteiger partial charge is 0.368 e. The molecule has 0 radical (unpaired) electrons. The molecule has 0 saturated carbocycles. The Kier molecular flexibility index (Phi) is 4.99. The number of piperazine rings is 1. The Labute approximate surface area is 139 Å². The number of carbonyl (C=O) groups is 1. The molecule has 1 aromatic carbocycles. The molecule has 0 spiro atoms. The molecular formula is C17H22F3N3O. The van der Waals surface area contributed by atoms with E-state index in [1.54, 1.807) is 6.07 Å². The van der Waals surface area contributed by atoms with Gasteiger partial charge in [-0.15, -0.1) is 0 Å². The van der Waals surface area contributed by atoms with Crippen molar-refractivity contribution in [3.05, 3.63) is 29.8 Å². The third-order valence-corrected chi connectivity index (χ3v) is 4.78. The Morgan fingerprint density at radius 1 is 1.17 bits per heavy atom. The molecule has 132 valence electrons. The quantitative estimate of drug-likeness (QED) is 0.897. The van der Waals surface area contributed by atoms with Crippen molar-refractivity contribution in [2.24, 2.45) is 5.92 Å². The predicted octanol–water partition coefficient (Wildman–Crippen LogP) is 2.35. The van der Waals surface area contributed by atoms with E-state index in [1.165, 1.54) is 12.1 Å². The lowest BCUT2D eigenvalue weighted by Gasteiger charge is -2.38. The lowest BCUT2D eigenvalue weighted by Crippen LogP contribution is -2.52. The van der Waals surface area contributed by atoms with Crippen molar-refractivity contribution in [3.63, 3.8) is 0 Å². The maximum absolute atomic E-state index is 12.8.